The van der Waals surface area contributed by atoms with E-state index in [4.69, 9.17) is 0 Å². The van der Waals surface area contributed by atoms with Gasteiger partial charge in [-0.1, -0.05) is 80.6 Å². The molecule has 0 atom stereocenters. The minimum absolute atomic E-state index is 0.279. The summed E-state index contributed by atoms with van der Waals surface area (Å²) in [6, 6.07) is 56.9. The Kier molecular flexibility index (Phi) is 7.41. The molecule has 0 heterocycles. The monoisotopic (exact) mass is 628 g/mol. The highest BCUT2D eigenvalue weighted by Crippen LogP contribution is 2.49. The maximum atomic E-state index is 9.55. The zero-order chi connectivity index (χ0) is 33.5. The molecule has 8 aromatic carbocycles. The molecule has 0 aliphatic heterocycles. The first-order valence-corrected chi connectivity index (χ1v) is 16.5. The van der Waals surface area contributed by atoms with Gasteiger partial charge in [-0.25, -0.2) is 0 Å². The van der Waals surface area contributed by atoms with Gasteiger partial charge >= 0.3 is 0 Å². The van der Waals surface area contributed by atoms with E-state index in [1.165, 1.54) is 27.1 Å². The second-order valence-corrected chi connectivity index (χ2v) is 12.6. The number of anilines is 6. The molecule has 4 nitrogen and oxygen atoms in total. The van der Waals surface area contributed by atoms with Crippen LogP contribution < -0.4 is 9.80 Å². The lowest BCUT2D eigenvalue weighted by Gasteiger charge is -2.30. The Morgan fingerprint density at radius 1 is 0.449 bits per heavy atom. The average Bonchev–Trinajstić information content (AvgIpc) is 3.16. The van der Waals surface area contributed by atoms with Crippen molar-refractivity contribution in [3.8, 4) is 12.1 Å². The van der Waals surface area contributed by atoms with Crippen molar-refractivity contribution in [2.24, 2.45) is 0 Å². The summed E-state index contributed by atoms with van der Waals surface area (Å²) >= 11 is 0. The maximum Gasteiger partial charge on any atom is 0.0991 e. The van der Waals surface area contributed by atoms with Gasteiger partial charge in [-0.15, -0.1) is 0 Å². The summed E-state index contributed by atoms with van der Waals surface area (Å²) in [6.45, 7) is 4.52. The van der Waals surface area contributed by atoms with Crippen LogP contribution in [-0.2, 0) is 0 Å². The molecular weight excluding hydrogens is 597 g/mol. The Hall–Kier alpha value is -6.62. The second-order valence-electron chi connectivity index (χ2n) is 12.6. The number of benzene rings is 8. The highest BCUT2D eigenvalue weighted by atomic mass is 15.1. The van der Waals surface area contributed by atoms with Crippen molar-refractivity contribution in [3.05, 3.63) is 168 Å². The third-order valence-electron chi connectivity index (χ3n) is 9.41. The lowest BCUT2D eigenvalue weighted by atomic mass is 9.86. The van der Waals surface area contributed by atoms with Crippen LogP contribution in [0.4, 0.5) is 34.1 Å². The summed E-state index contributed by atoms with van der Waals surface area (Å²) in [5, 5.41) is 26.3. The molecule has 8 rings (SSSR count). The molecule has 232 valence electrons. The molecule has 49 heavy (non-hydrogen) atoms. The van der Waals surface area contributed by atoms with Gasteiger partial charge in [0.1, 0.15) is 0 Å². The molecular formula is C45H32N4. The molecule has 0 radical (unpaired) electrons. The van der Waals surface area contributed by atoms with Gasteiger partial charge in [0.05, 0.1) is 34.6 Å². The lowest BCUT2D eigenvalue weighted by Crippen LogP contribution is -2.12. The first-order chi connectivity index (χ1) is 24.1. The van der Waals surface area contributed by atoms with E-state index >= 15 is 0 Å². The van der Waals surface area contributed by atoms with Crippen LogP contribution in [0.2, 0.25) is 0 Å². The zero-order valence-corrected chi connectivity index (χ0v) is 27.3. The molecule has 0 bridgehead atoms. The predicted molar refractivity (Wildman–Crippen MR) is 203 cm³/mol. The third kappa shape index (κ3) is 5.08. The van der Waals surface area contributed by atoms with Crippen molar-refractivity contribution >= 4 is 66.4 Å². The largest absolute Gasteiger partial charge is 0.310 e. The molecule has 0 aliphatic rings. The van der Waals surface area contributed by atoms with Crippen LogP contribution in [0.25, 0.3) is 32.3 Å². The fourth-order valence-electron chi connectivity index (χ4n) is 7.13. The van der Waals surface area contributed by atoms with Crippen LogP contribution in [-0.4, -0.2) is 0 Å². The zero-order valence-electron chi connectivity index (χ0n) is 27.3. The fraction of sp³-hybridized carbons (Fsp3) is 0.0667. The van der Waals surface area contributed by atoms with Crippen LogP contribution in [0.3, 0.4) is 0 Å². The van der Waals surface area contributed by atoms with Crippen molar-refractivity contribution in [1.29, 1.82) is 10.5 Å². The molecule has 0 spiro atoms. The van der Waals surface area contributed by atoms with Gasteiger partial charge < -0.3 is 9.80 Å². The smallest absolute Gasteiger partial charge is 0.0991 e. The average molecular weight is 629 g/mol. The minimum Gasteiger partial charge on any atom is -0.310 e. The number of hydrogen-bond donors (Lipinski definition) is 0. The normalized spacial score (nSPS) is 11.2. The van der Waals surface area contributed by atoms with Gasteiger partial charge in [0.25, 0.3) is 0 Å². The molecule has 0 aliphatic carbocycles. The van der Waals surface area contributed by atoms with Crippen molar-refractivity contribution in [2.75, 3.05) is 9.80 Å². The first-order valence-electron chi connectivity index (χ1n) is 16.5. The van der Waals surface area contributed by atoms with E-state index < -0.39 is 0 Å². The summed E-state index contributed by atoms with van der Waals surface area (Å²) < 4.78 is 0. The second kappa shape index (κ2) is 12.2. The van der Waals surface area contributed by atoms with Gasteiger partial charge in [-0.05, 0) is 118 Å². The molecule has 0 aromatic heterocycles. The third-order valence-corrected chi connectivity index (χ3v) is 9.41. The quantitative estimate of drug-likeness (QED) is 0.165. The van der Waals surface area contributed by atoms with Gasteiger partial charge in [-0.2, -0.15) is 10.5 Å². The van der Waals surface area contributed by atoms with Crippen LogP contribution in [0.15, 0.2) is 152 Å². The van der Waals surface area contributed by atoms with E-state index in [2.05, 4.69) is 127 Å². The number of nitriles is 2. The lowest BCUT2D eigenvalue weighted by molar-refractivity contribution is 0.876. The molecule has 0 saturated heterocycles. The van der Waals surface area contributed by atoms with Crippen LogP contribution in [0.5, 0.6) is 0 Å². The summed E-state index contributed by atoms with van der Waals surface area (Å²) in [7, 11) is 0. The van der Waals surface area contributed by atoms with Gasteiger partial charge in [0.15, 0.2) is 0 Å². The minimum atomic E-state index is 0.279. The molecule has 0 unspecified atom stereocenters. The van der Waals surface area contributed by atoms with Gasteiger partial charge in [-0.3, -0.25) is 0 Å². The summed E-state index contributed by atoms with van der Waals surface area (Å²) in [5.74, 6) is 0.279. The van der Waals surface area contributed by atoms with Gasteiger partial charge in [0, 0.05) is 33.5 Å². The van der Waals surface area contributed by atoms with Crippen LogP contribution in [0, 0.1) is 22.7 Å². The maximum absolute atomic E-state index is 9.55. The number of para-hydroxylation sites is 2. The Bertz CT molecular complexity index is 2520. The van der Waals surface area contributed by atoms with Crippen molar-refractivity contribution < 1.29 is 0 Å². The Balaban J connectivity index is 1.45. The molecule has 4 heteroatoms. The molecule has 0 saturated carbocycles. The highest BCUT2D eigenvalue weighted by Gasteiger charge is 2.24. The summed E-state index contributed by atoms with van der Waals surface area (Å²) in [4.78, 5) is 4.59. The van der Waals surface area contributed by atoms with Crippen LogP contribution in [0.1, 0.15) is 36.5 Å². The Morgan fingerprint density at radius 2 is 0.898 bits per heavy atom. The van der Waals surface area contributed by atoms with E-state index in [0.29, 0.717) is 11.1 Å². The number of hydrogen-bond acceptors (Lipinski definition) is 4. The molecule has 0 amide bonds. The van der Waals surface area contributed by atoms with Crippen molar-refractivity contribution in [2.45, 2.75) is 19.8 Å². The number of nitrogens with zero attached hydrogens (tertiary/aromatic N) is 4. The van der Waals surface area contributed by atoms with E-state index in [0.717, 1.165) is 44.9 Å². The summed E-state index contributed by atoms with van der Waals surface area (Å²) in [5.41, 5.74) is 8.78. The highest BCUT2D eigenvalue weighted by molar-refractivity contribution is 6.28. The fourth-order valence-corrected chi connectivity index (χ4v) is 7.13. The Labute approximate surface area is 286 Å². The van der Waals surface area contributed by atoms with E-state index in [1.807, 2.05) is 60.7 Å². The molecule has 8 aromatic rings. The van der Waals surface area contributed by atoms with E-state index in [1.54, 1.807) is 0 Å². The van der Waals surface area contributed by atoms with Crippen molar-refractivity contribution in [1.82, 2.24) is 0 Å². The molecule has 0 N–H and O–H groups in total. The molecule has 0 fully saturated rings. The predicted octanol–water partition coefficient (Wildman–Crippen LogP) is 12.4. The summed E-state index contributed by atoms with van der Waals surface area (Å²) in [6.07, 6.45) is 0. The van der Waals surface area contributed by atoms with E-state index in [-0.39, 0.29) is 5.92 Å². The standard InChI is InChI=1S/C45H32N4/c1-30(2)41-27-43(49(35-11-7-4-8-12-35)37-21-15-32(29-47)16-22-37)40-23-17-33-18-26-42(39-25-24-38(41)45(40)44(33)39)48(34-9-5-3-6-10-34)36-19-13-31(28-46)14-20-36/h3-27,30H,1-2H3. The van der Waals surface area contributed by atoms with E-state index in [9.17, 15) is 10.5 Å². The van der Waals surface area contributed by atoms with Gasteiger partial charge in [0.2, 0.25) is 0 Å². The number of rotatable bonds is 7. The Morgan fingerprint density at radius 3 is 1.43 bits per heavy atom. The van der Waals surface area contributed by atoms with Crippen LogP contribution >= 0.6 is 0 Å². The van der Waals surface area contributed by atoms with Crippen molar-refractivity contribution in [3.63, 3.8) is 0 Å². The first kappa shape index (κ1) is 29.8. The SMILES string of the molecule is CC(C)c1cc(N(c2ccccc2)c2ccc(C#N)cc2)c2ccc3ccc(N(c4ccccc4)c4ccc(C#N)cc4)c4ccc1c2c34. The topological polar surface area (TPSA) is 54.1 Å².